The number of carbonyl (C=O) groups is 1. The fourth-order valence-corrected chi connectivity index (χ4v) is 3.96. The molecule has 1 atom stereocenters. The van der Waals surface area contributed by atoms with Crippen molar-refractivity contribution >= 4 is 11.7 Å². The average Bonchev–Trinajstić information content (AvgIpc) is 3.11. The van der Waals surface area contributed by atoms with Crippen molar-refractivity contribution in [3.63, 3.8) is 0 Å². The predicted octanol–water partition coefficient (Wildman–Crippen LogP) is 3.13. The highest BCUT2D eigenvalue weighted by Gasteiger charge is 2.41. The fourth-order valence-electron chi connectivity index (χ4n) is 3.96. The molecule has 1 aromatic carbocycles. The summed E-state index contributed by atoms with van der Waals surface area (Å²) in [7, 11) is 1.61. The van der Waals surface area contributed by atoms with E-state index in [-0.39, 0.29) is 17.2 Å². The Morgan fingerprint density at radius 1 is 1.29 bits per heavy atom. The van der Waals surface area contributed by atoms with E-state index in [1.165, 1.54) is 0 Å². The molecule has 4 rings (SSSR count). The zero-order valence-corrected chi connectivity index (χ0v) is 16.7. The number of rotatable bonds is 5. The summed E-state index contributed by atoms with van der Waals surface area (Å²) in [5, 5.41) is 15.3. The molecule has 2 aromatic rings. The Labute approximate surface area is 163 Å². The molecular formula is C20H25N5O3. The van der Waals surface area contributed by atoms with Gasteiger partial charge in [-0.05, 0) is 46.4 Å². The molecule has 1 N–H and O–H groups in total. The molecule has 1 aliphatic heterocycles. The Bertz CT molecular complexity index is 947. The SMILES string of the molecule is CCCOc1ccc(C2C3=C(CC(C)(C)CC3=O)Nc3nnnn32)cc1OC. The molecule has 0 amide bonds. The predicted molar refractivity (Wildman–Crippen MR) is 103 cm³/mol. The van der Waals surface area contributed by atoms with E-state index in [0.717, 1.165) is 29.7 Å². The number of nitrogens with one attached hydrogen (secondary N) is 1. The molecule has 8 nitrogen and oxygen atoms in total. The van der Waals surface area contributed by atoms with Crippen LogP contribution in [0.3, 0.4) is 0 Å². The van der Waals surface area contributed by atoms with Crippen LogP contribution in [0.1, 0.15) is 51.6 Å². The number of Topliss-reactive ketones (excluding diaryl/α,β-unsaturated/α-hetero) is 1. The van der Waals surface area contributed by atoms with Gasteiger partial charge in [0, 0.05) is 17.7 Å². The number of hydrogen-bond acceptors (Lipinski definition) is 7. The smallest absolute Gasteiger partial charge is 0.248 e. The third-order valence-corrected chi connectivity index (χ3v) is 5.16. The second kappa shape index (κ2) is 6.92. The molecule has 2 heterocycles. The Balaban J connectivity index is 1.81. The normalized spacial score (nSPS) is 20.3. The monoisotopic (exact) mass is 383 g/mol. The van der Waals surface area contributed by atoms with Crippen LogP contribution in [0.5, 0.6) is 11.5 Å². The summed E-state index contributed by atoms with van der Waals surface area (Å²) in [5.41, 5.74) is 2.41. The van der Waals surface area contributed by atoms with E-state index >= 15 is 0 Å². The lowest BCUT2D eigenvalue weighted by Crippen LogP contribution is -2.36. The molecule has 0 saturated heterocycles. The first-order valence-electron chi connectivity index (χ1n) is 9.55. The van der Waals surface area contributed by atoms with Crippen LogP contribution in [0.2, 0.25) is 0 Å². The van der Waals surface area contributed by atoms with Crippen molar-refractivity contribution in [1.82, 2.24) is 20.2 Å². The van der Waals surface area contributed by atoms with Crippen LogP contribution in [0.25, 0.3) is 0 Å². The lowest BCUT2D eigenvalue weighted by molar-refractivity contribution is -0.118. The summed E-state index contributed by atoms with van der Waals surface area (Å²) in [6.07, 6.45) is 2.18. The lowest BCUT2D eigenvalue weighted by atomic mass is 9.73. The van der Waals surface area contributed by atoms with Gasteiger partial charge in [0.15, 0.2) is 17.3 Å². The minimum atomic E-state index is -0.390. The molecule has 0 bridgehead atoms. The summed E-state index contributed by atoms with van der Waals surface area (Å²) < 4.78 is 13.0. The quantitative estimate of drug-likeness (QED) is 0.848. The number of carbonyl (C=O) groups excluding carboxylic acids is 1. The summed E-state index contributed by atoms with van der Waals surface area (Å²) in [4.78, 5) is 13.1. The summed E-state index contributed by atoms with van der Waals surface area (Å²) in [6, 6.07) is 5.35. The Hall–Kier alpha value is -2.90. The summed E-state index contributed by atoms with van der Waals surface area (Å²) in [6.45, 7) is 6.88. The molecule has 2 aliphatic rings. The van der Waals surface area contributed by atoms with Gasteiger partial charge in [-0.2, -0.15) is 4.68 Å². The van der Waals surface area contributed by atoms with Crippen molar-refractivity contribution in [3.05, 3.63) is 35.0 Å². The molecule has 148 valence electrons. The minimum Gasteiger partial charge on any atom is -0.493 e. The molecule has 8 heteroatoms. The van der Waals surface area contributed by atoms with Gasteiger partial charge in [0.1, 0.15) is 6.04 Å². The number of methoxy groups -OCH3 is 1. The number of aromatic nitrogens is 4. The van der Waals surface area contributed by atoms with Gasteiger partial charge in [0.25, 0.3) is 0 Å². The van der Waals surface area contributed by atoms with E-state index < -0.39 is 0 Å². The minimum absolute atomic E-state index is 0.0986. The van der Waals surface area contributed by atoms with Crippen LogP contribution in [-0.2, 0) is 4.79 Å². The molecule has 0 spiro atoms. The molecule has 0 radical (unpaired) electrons. The topological polar surface area (TPSA) is 91.2 Å². The third kappa shape index (κ3) is 3.12. The Morgan fingerprint density at radius 3 is 2.86 bits per heavy atom. The Kier molecular flexibility index (Phi) is 4.56. The van der Waals surface area contributed by atoms with Gasteiger partial charge in [-0.3, -0.25) is 4.79 Å². The molecule has 0 saturated carbocycles. The van der Waals surface area contributed by atoms with Gasteiger partial charge < -0.3 is 14.8 Å². The van der Waals surface area contributed by atoms with E-state index in [0.29, 0.717) is 30.5 Å². The maximum absolute atomic E-state index is 13.1. The maximum Gasteiger partial charge on any atom is 0.248 e. The van der Waals surface area contributed by atoms with Crippen molar-refractivity contribution in [1.29, 1.82) is 0 Å². The van der Waals surface area contributed by atoms with Gasteiger partial charge in [-0.25, -0.2) is 0 Å². The largest absolute Gasteiger partial charge is 0.493 e. The number of ketones is 1. The number of nitrogens with zero attached hydrogens (tertiary/aromatic N) is 4. The van der Waals surface area contributed by atoms with E-state index in [1.54, 1.807) is 11.8 Å². The average molecular weight is 383 g/mol. The Morgan fingerprint density at radius 2 is 2.11 bits per heavy atom. The first kappa shape index (κ1) is 18.5. The van der Waals surface area contributed by atoms with E-state index in [2.05, 4.69) is 41.6 Å². The number of anilines is 1. The van der Waals surface area contributed by atoms with Crippen LogP contribution in [0.4, 0.5) is 5.95 Å². The first-order valence-corrected chi connectivity index (χ1v) is 9.55. The molecular weight excluding hydrogens is 358 g/mol. The number of ether oxygens (including phenoxy) is 2. The highest BCUT2D eigenvalue weighted by molar-refractivity contribution is 6.00. The second-order valence-corrected chi connectivity index (χ2v) is 8.07. The van der Waals surface area contributed by atoms with Crippen molar-refractivity contribution in [2.24, 2.45) is 5.41 Å². The van der Waals surface area contributed by atoms with Gasteiger partial charge >= 0.3 is 0 Å². The number of tetrazole rings is 1. The van der Waals surface area contributed by atoms with Crippen LogP contribution in [-0.4, -0.2) is 39.7 Å². The summed E-state index contributed by atoms with van der Waals surface area (Å²) in [5.74, 6) is 1.98. The first-order chi connectivity index (χ1) is 13.4. The van der Waals surface area contributed by atoms with Gasteiger partial charge in [0.2, 0.25) is 5.95 Å². The van der Waals surface area contributed by atoms with Crippen LogP contribution in [0, 0.1) is 5.41 Å². The van der Waals surface area contributed by atoms with E-state index in [1.807, 2.05) is 18.2 Å². The highest BCUT2D eigenvalue weighted by Crippen LogP contribution is 2.45. The van der Waals surface area contributed by atoms with Crippen LogP contribution < -0.4 is 14.8 Å². The standard InChI is InChI=1S/C20H25N5O3/c1-5-8-28-15-7-6-12(9-16(15)27-4)18-17-13(10-20(2,3)11-14(17)26)21-19-22-23-24-25(18)19/h6-7,9,18H,5,8,10-11H2,1-4H3,(H,21,22,24). The van der Waals surface area contributed by atoms with Gasteiger partial charge in [-0.15, -0.1) is 0 Å². The zero-order chi connectivity index (χ0) is 19.9. The second-order valence-electron chi connectivity index (χ2n) is 8.07. The highest BCUT2D eigenvalue weighted by atomic mass is 16.5. The van der Waals surface area contributed by atoms with Crippen LogP contribution >= 0.6 is 0 Å². The molecule has 28 heavy (non-hydrogen) atoms. The van der Waals surface area contributed by atoms with Crippen molar-refractivity contribution in [2.75, 3.05) is 19.0 Å². The lowest BCUT2D eigenvalue weighted by Gasteiger charge is -2.37. The van der Waals surface area contributed by atoms with Crippen LogP contribution in [0.15, 0.2) is 29.5 Å². The van der Waals surface area contributed by atoms with Gasteiger partial charge in [0.05, 0.1) is 13.7 Å². The summed E-state index contributed by atoms with van der Waals surface area (Å²) >= 11 is 0. The maximum atomic E-state index is 13.1. The number of hydrogen-bond donors (Lipinski definition) is 1. The van der Waals surface area contributed by atoms with Crippen molar-refractivity contribution in [2.45, 2.75) is 46.1 Å². The number of fused-ring (bicyclic) bond motifs is 1. The van der Waals surface area contributed by atoms with Crippen molar-refractivity contribution in [3.8, 4) is 11.5 Å². The zero-order valence-electron chi connectivity index (χ0n) is 16.7. The molecule has 1 aromatic heterocycles. The van der Waals surface area contributed by atoms with Crippen molar-refractivity contribution < 1.29 is 14.3 Å². The molecule has 1 unspecified atom stereocenters. The number of allylic oxidation sites excluding steroid dienone is 2. The van der Waals surface area contributed by atoms with Gasteiger partial charge in [-0.1, -0.05) is 31.9 Å². The number of benzene rings is 1. The fraction of sp³-hybridized carbons (Fsp3) is 0.500. The molecule has 0 fully saturated rings. The van der Waals surface area contributed by atoms with E-state index in [9.17, 15) is 4.79 Å². The third-order valence-electron chi connectivity index (χ3n) is 5.16. The van der Waals surface area contributed by atoms with E-state index in [4.69, 9.17) is 9.47 Å². The molecule has 1 aliphatic carbocycles.